The third kappa shape index (κ3) is 4.71. The van der Waals surface area contributed by atoms with Gasteiger partial charge in [0, 0.05) is 33.4 Å². The third-order valence-electron chi connectivity index (χ3n) is 4.03. The number of nitrogens with zero attached hydrogens (tertiary/aromatic N) is 2. The van der Waals surface area contributed by atoms with Gasteiger partial charge in [0.25, 0.3) is 0 Å². The zero-order valence-electron chi connectivity index (χ0n) is 13.3. The van der Waals surface area contributed by atoms with Crippen molar-refractivity contribution in [3.63, 3.8) is 0 Å². The minimum absolute atomic E-state index is 0.278. The summed E-state index contributed by atoms with van der Waals surface area (Å²) >= 11 is 0. The second kappa shape index (κ2) is 8.58. The smallest absolute Gasteiger partial charge is 0.122 e. The molecule has 0 bridgehead atoms. The van der Waals surface area contributed by atoms with Crippen LogP contribution in [0.5, 0.6) is 0 Å². The Hall–Kier alpha value is -0.670. The van der Waals surface area contributed by atoms with Crippen LogP contribution in [0.1, 0.15) is 26.7 Å². The highest BCUT2D eigenvalue weighted by Crippen LogP contribution is 2.40. The molecule has 2 unspecified atom stereocenters. The van der Waals surface area contributed by atoms with Gasteiger partial charge in [0.05, 0.1) is 19.3 Å². The van der Waals surface area contributed by atoms with Crippen molar-refractivity contribution in [3.8, 4) is 6.07 Å². The summed E-state index contributed by atoms with van der Waals surface area (Å²) in [6, 6.07) is 2.83. The van der Waals surface area contributed by atoms with Gasteiger partial charge < -0.3 is 9.47 Å². The van der Waals surface area contributed by atoms with E-state index in [0.29, 0.717) is 19.1 Å². The summed E-state index contributed by atoms with van der Waals surface area (Å²) in [4.78, 5) is 2.30. The maximum atomic E-state index is 9.70. The molecule has 20 heavy (non-hydrogen) atoms. The minimum atomic E-state index is -0.426. The highest BCUT2D eigenvalue weighted by Gasteiger charge is 2.46. The molecular formula is C15H29N3O2. The molecule has 1 fully saturated rings. The lowest BCUT2D eigenvalue weighted by atomic mass is 9.93. The van der Waals surface area contributed by atoms with E-state index in [9.17, 15) is 5.26 Å². The summed E-state index contributed by atoms with van der Waals surface area (Å²) in [6.45, 7) is 7.92. The fraction of sp³-hybridized carbons (Fsp3) is 0.933. The normalized spacial score (nSPS) is 19.6. The van der Waals surface area contributed by atoms with Gasteiger partial charge in [0.2, 0.25) is 0 Å². The van der Waals surface area contributed by atoms with Crippen LogP contribution in [0, 0.1) is 17.2 Å². The Kier molecular flexibility index (Phi) is 7.46. The molecule has 0 radical (unpaired) electrons. The molecule has 1 N–H and O–H groups in total. The Morgan fingerprint density at radius 1 is 1.40 bits per heavy atom. The summed E-state index contributed by atoms with van der Waals surface area (Å²) < 4.78 is 10.5. The quantitative estimate of drug-likeness (QED) is 0.618. The van der Waals surface area contributed by atoms with Gasteiger partial charge in [-0.25, -0.2) is 0 Å². The molecule has 116 valence electrons. The van der Waals surface area contributed by atoms with Crippen LogP contribution in [-0.2, 0) is 9.47 Å². The van der Waals surface area contributed by atoms with Crippen molar-refractivity contribution in [1.29, 1.82) is 5.26 Å². The number of likely N-dealkylation sites (N-methyl/N-ethyl adjacent to an activating group) is 1. The van der Waals surface area contributed by atoms with E-state index in [1.807, 2.05) is 0 Å². The summed E-state index contributed by atoms with van der Waals surface area (Å²) in [5.74, 6) is 0.479. The van der Waals surface area contributed by atoms with Gasteiger partial charge >= 0.3 is 0 Å². The predicted molar refractivity (Wildman–Crippen MR) is 79.5 cm³/mol. The number of methoxy groups -OCH3 is 2. The van der Waals surface area contributed by atoms with E-state index in [0.717, 1.165) is 32.5 Å². The van der Waals surface area contributed by atoms with E-state index in [4.69, 9.17) is 9.47 Å². The molecule has 0 spiro atoms. The van der Waals surface area contributed by atoms with E-state index in [-0.39, 0.29) is 6.04 Å². The van der Waals surface area contributed by atoms with Crippen molar-refractivity contribution >= 4 is 0 Å². The Balaban J connectivity index is 2.75. The van der Waals surface area contributed by atoms with Gasteiger partial charge in [-0.15, -0.1) is 0 Å². The number of nitrogens with one attached hydrogen (secondary N) is 1. The second-order valence-corrected chi connectivity index (χ2v) is 5.66. The summed E-state index contributed by atoms with van der Waals surface area (Å²) in [7, 11) is 3.43. The zero-order valence-corrected chi connectivity index (χ0v) is 13.3. The van der Waals surface area contributed by atoms with Gasteiger partial charge in [-0.2, -0.15) is 5.26 Å². The zero-order chi connectivity index (χ0) is 15.0. The van der Waals surface area contributed by atoms with Gasteiger partial charge in [-0.05, 0) is 32.2 Å². The lowest BCUT2D eigenvalue weighted by Crippen LogP contribution is -2.57. The van der Waals surface area contributed by atoms with Crippen LogP contribution >= 0.6 is 0 Å². The number of hydrogen-bond acceptors (Lipinski definition) is 5. The number of hydrogen-bond donors (Lipinski definition) is 1. The molecule has 0 aliphatic heterocycles. The van der Waals surface area contributed by atoms with E-state index >= 15 is 0 Å². The average Bonchev–Trinajstić information content (AvgIpc) is 3.27. The molecule has 0 aromatic carbocycles. The van der Waals surface area contributed by atoms with Crippen molar-refractivity contribution < 1.29 is 9.47 Å². The molecule has 0 saturated heterocycles. The van der Waals surface area contributed by atoms with Gasteiger partial charge in [-0.1, -0.05) is 6.92 Å². The minimum Gasteiger partial charge on any atom is -0.383 e. The van der Waals surface area contributed by atoms with Gasteiger partial charge in [0.1, 0.15) is 5.54 Å². The van der Waals surface area contributed by atoms with Crippen LogP contribution in [0.15, 0.2) is 0 Å². The van der Waals surface area contributed by atoms with Crippen molar-refractivity contribution in [2.24, 2.45) is 5.92 Å². The van der Waals surface area contributed by atoms with Crippen molar-refractivity contribution in [2.45, 2.75) is 38.3 Å². The Morgan fingerprint density at radius 2 is 2.10 bits per heavy atom. The molecule has 0 aromatic rings. The highest BCUT2D eigenvalue weighted by atomic mass is 16.5. The molecular weight excluding hydrogens is 254 g/mol. The third-order valence-corrected chi connectivity index (χ3v) is 4.03. The monoisotopic (exact) mass is 283 g/mol. The Labute approximate surface area is 123 Å². The standard InChI is InChI=1S/C15H29N3O2/c1-5-17-15(11-16,14-6-7-14)12-18(8-9-19-3)13(2)10-20-4/h13-14,17H,5-10,12H2,1-4H3. The summed E-state index contributed by atoms with van der Waals surface area (Å²) in [5, 5.41) is 13.1. The maximum Gasteiger partial charge on any atom is 0.122 e. The fourth-order valence-electron chi connectivity index (χ4n) is 2.72. The van der Waals surface area contributed by atoms with Crippen LogP contribution in [0.3, 0.4) is 0 Å². The molecule has 5 nitrogen and oxygen atoms in total. The van der Waals surface area contributed by atoms with E-state index < -0.39 is 5.54 Å². The lowest BCUT2D eigenvalue weighted by Gasteiger charge is -2.37. The largest absolute Gasteiger partial charge is 0.383 e. The average molecular weight is 283 g/mol. The Morgan fingerprint density at radius 3 is 2.55 bits per heavy atom. The van der Waals surface area contributed by atoms with E-state index in [2.05, 4.69) is 30.1 Å². The topological polar surface area (TPSA) is 57.5 Å². The molecule has 1 rings (SSSR count). The molecule has 1 saturated carbocycles. The SMILES string of the molecule is CCNC(C#N)(CN(CCOC)C(C)COC)C1CC1. The summed E-state index contributed by atoms with van der Waals surface area (Å²) in [6.07, 6.45) is 2.30. The number of nitriles is 1. The molecule has 1 aliphatic carbocycles. The fourth-order valence-corrected chi connectivity index (χ4v) is 2.72. The first kappa shape index (κ1) is 17.4. The summed E-state index contributed by atoms with van der Waals surface area (Å²) in [5.41, 5.74) is -0.426. The maximum absolute atomic E-state index is 9.70. The van der Waals surface area contributed by atoms with Crippen LogP contribution < -0.4 is 5.32 Å². The molecule has 0 amide bonds. The number of rotatable bonds is 11. The molecule has 0 heterocycles. The molecule has 2 atom stereocenters. The molecule has 1 aliphatic rings. The first-order chi connectivity index (χ1) is 9.63. The van der Waals surface area contributed by atoms with Crippen LogP contribution in [0.25, 0.3) is 0 Å². The second-order valence-electron chi connectivity index (χ2n) is 5.66. The molecule has 0 aromatic heterocycles. The first-order valence-corrected chi connectivity index (χ1v) is 7.51. The van der Waals surface area contributed by atoms with Gasteiger partial charge in [0.15, 0.2) is 0 Å². The van der Waals surface area contributed by atoms with E-state index in [1.54, 1.807) is 14.2 Å². The lowest BCUT2D eigenvalue weighted by molar-refractivity contribution is 0.0589. The van der Waals surface area contributed by atoms with Crippen molar-refractivity contribution in [3.05, 3.63) is 0 Å². The van der Waals surface area contributed by atoms with Crippen LogP contribution in [-0.4, -0.2) is 63.5 Å². The van der Waals surface area contributed by atoms with Crippen molar-refractivity contribution in [2.75, 3.05) is 47.1 Å². The van der Waals surface area contributed by atoms with Crippen molar-refractivity contribution in [1.82, 2.24) is 10.2 Å². The number of ether oxygens (including phenoxy) is 2. The highest BCUT2D eigenvalue weighted by molar-refractivity contribution is 5.16. The van der Waals surface area contributed by atoms with Crippen LogP contribution in [0.2, 0.25) is 0 Å². The van der Waals surface area contributed by atoms with Gasteiger partial charge in [-0.3, -0.25) is 10.2 Å². The van der Waals surface area contributed by atoms with Crippen LogP contribution in [0.4, 0.5) is 0 Å². The first-order valence-electron chi connectivity index (χ1n) is 7.51. The van der Waals surface area contributed by atoms with E-state index in [1.165, 1.54) is 0 Å². The Bertz CT molecular complexity index is 315. The molecule has 5 heteroatoms. The predicted octanol–water partition coefficient (Wildman–Crippen LogP) is 1.25.